The third-order valence-electron chi connectivity index (χ3n) is 4.46. The second-order valence-corrected chi connectivity index (χ2v) is 8.91. The summed E-state index contributed by atoms with van der Waals surface area (Å²) in [5.74, 6) is 0. The predicted molar refractivity (Wildman–Crippen MR) is 106 cm³/mol. The van der Waals surface area contributed by atoms with E-state index in [-0.39, 0.29) is 27.7 Å². The molecule has 27 heavy (non-hydrogen) atoms. The number of hydrogen-bond donors (Lipinski definition) is 1. The minimum absolute atomic E-state index is 0.0122. The molecule has 1 atom stereocenters. The summed E-state index contributed by atoms with van der Waals surface area (Å²) in [6.07, 6.45) is 1.20. The summed E-state index contributed by atoms with van der Waals surface area (Å²) in [6.45, 7) is 5.00. The third kappa shape index (κ3) is 5.19. The molecule has 2 aromatic rings. The molecule has 0 amide bonds. The van der Waals surface area contributed by atoms with Gasteiger partial charge >= 0.3 is 0 Å². The number of pyridine rings is 1. The minimum Gasteiger partial charge on any atom is -0.379 e. The van der Waals surface area contributed by atoms with Crippen molar-refractivity contribution >= 4 is 33.2 Å². The zero-order valence-electron chi connectivity index (χ0n) is 14.9. The Bertz CT molecular complexity index is 902. The highest BCUT2D eigenvalue weighted by molar-refractivity contribution is 7.89. The summed E-state index contributed by atoms with van der Waals surface area (Å²) >= 11 is 11.7. The Kier molecular flexibility index (Phi) is 6.73. The van der Waals surface area contributed by atoms with Crippen molar-refractivity contribution in [3.63, 3.8) is 0 Å². The molecule has 1 aliphatic rings. The first-order valence-electron chi connectivity index (χ1n) is 8.56. The van der Waals surface area contributed by atoms with E-state index in [1.807, 2.05) is 25.1 Å². The summed E-state index contributed by atoms with van der Waals surface area (Å²) in [7, 11) is -3.76. The van der Waals surface area contributed by atoms with E-state index >= 15 is 0 Å². The number of sulfonamides is 1. The highest BCUT2D eigenvalue weighted by Gasteiger charge is 2.25. The molecule has 0 bridgehead atoms. The van der Waals surface area contributed by atoms with Crippen molar-refractivity contribution in [1.29, 1.82) is 0 Å². The van der Waals surface area contributed by atoms with Crippen LogP contribution in [0.25, 0.3) is 0 Å². The molecule has 0 aliphatic carbocycles. The lowest BCUT2D eigenvalue weighted by atomic mass is 10.0. The van der Waals surface area contributed by atoms with E-state index in [1.54, 1.807) is 0 Å². The first kappa shape index (κ1) is 20.5. The van der Waals surface area contributed by atoms with Crippen LogP contribution in [0.4, 0.5) is 0 Å². The Morgan fingerprint density at radius 3 is 2.67 bits per heavy atom. The SMILES string of the molecule is Cc1cccc(C(CNS(=O)(=O)c2cnc(Cl)c(Cl)c2)N2CCOCC2)c1. The maximum absolute atomic E-state index is 12.7. The van der Waals surface area contributed by atoms with Crippen LogP contribution in [0, 0.1) is 6.92 Å². The van der Waals surface area contributed by atoms with Crippen molar-refractivity contribution < 1.29 is 13.2 Å². The molecule has 1 unspecified atom stereocenters. The van der Waals surface area contributed by atoms with Gasteiger partial charge in [0, 0.05) is 31.9 Å². The smallest absolute Gasteiger partial charge is 0.242 e. The topological polar surface area (TPSA) is 71.5 Å². The monoisotopic (exact) mass is 429 g/mol. The highest BCUT2D eigenvalue weighted by atomic mass is 35.5. The second kappa shape index (κ2) is 8.86. The van der Waals surface area contributed by atoms with Crippen LogP contribution in [0.3, 0.4) is 0 Å². The minimum atomic E-state index is -3.76. The van der Waals surface area contributed by atoms with Gasteiger partial charge in [-0.1, -0.05) is 53.0 Å². The first-order chi connectivity index (χ1) is 12.9. The van der Waals surface area contributed by atoms with Crippen molar-refractivity contribution in [3.8, 4) is 0 Å². The highest BCUT2D eigenvalue weighted by Crippen LogP contribution is 2.25. The molecule has 0 radical (unpaired) electrons. The number of benzene rings is 1. The van der Waals surface area contributed by atoms with Crippen LogP contribution in [0.15, 0.2) is 41.4 Å². The molecule has 1 saturated heterocycles. The molecule has 1 fully saturated rings. The normalized spacial score (nSPS) is 17.0. The van der Waals surface area contributed by atoms with E-state index in [4.69, 9.17) is 27.9 Å². The molecule has 6 nitrogen and oxygen atoms in total. The van der Waals surface area contributed by atoms with Crippen LogP contribution >= 0.6 is 23.2 Å². The molecular formula is C18H21Cl2N3O3S. The quantitative estimate of drug-likeness (QED) is 0.714. The maximum atomic E-state index is 12.7. The van der Waals surface area contributed by atoms with Crippen LogP contribution < -0.4 is 4.72 Å². The van der Waals surface area contributed by atoms with Gasteiger partial charge in [0.15, 0.2) is 0 Å². The summed E-state index contributed by atoms with van der Waals surface area (Å²) in [6, 6.07) is 9.30. The summed E-state index contributed by atoms with van der Waals surface area (Å²) in [5, 5.41) is 0.171. The van der Waals surface area contributed by atoms with Crippen molar-refractivity contribution in [1.82, 2.24) is 14.6 Å². The second-order valence-electron chi connectivity index (χ2n) is 6.37. The van der Waals surface area contributed by atoms with Crippen LogP contribution in [-0.2, 0) is 14.8 Å². The Hall–Kier alpha value is -1.22. The standard InChI is InChI=1S/C18H21Cl2N3O3S/c1-13-3-2-4-14(9-13)17(23-5-7-26-8-6-23)12-22-27(24,25)15-10-16(19)18(20)21-11-15/h2-4,9-11,17,22H,5-8,12H2,1H3. The number of nitrogens with one attached hydrogen (secondary N) is 1. The molecule has 146 valence electrons. The zero-order chi connectivity index (χ0) is 19.4. The van der Waals surface area contributed by atoms with Gasteiger partial charge in [-0.25, -0.2) is 18.1 Å². The number of nitrogens with zero attached hydrogens (tertiary/aromatic N) is 2. The summed E-state index contributed by atoms with van der Waals surface area (Å²) in [4.78, 5) is 6.04. The third-order valence-corrected chi connectivity index (χ3v) is 6.54. The number of halogens is 2. The van der Waals surface area contributed by atoms with E-state index in [9.17, 15) is 8.42 Å². The van der Waals surface area contributed by atoms with Crippen molar-refractivity contribution in [3.05, 3.63) is 57.8 Å². The van der Waals surface area contributed by atoms with Crippen LogP contribution in [-0.4, -0.2) is 51.1 Å². The van der Waals surface area contributed by atoms with Crippen LogP contribution in [0.1, 0.15) is 17.2 Å². The van der Waals surface area contributed by atoms with Gasteiger partial charge < -0.3 is 4.74 Å². The van der Waals surface area contributed by atoms with Gasteiger partial charge in [0.1, 0.15) is 10.0 Å². The molecule has 0 spiro atoms. The molecule has 1 aromatic heterocycles. The Balaban J connectivity index is 1.82. The molecule has 1 aromatic carbocycles. The van der Waals surface area contributed by atoms with Crippen molar-refractivity contribution in [2.75, 3.05) is 32.8 Å². The van der Waals surface area contributed by atoms with Gasteiger partial charge in [-0.3, -0.25) is 4.90 Å². The van der Waals surface area contributed by atoms with Crippen molar-refractivity contribution in [2.45, 2.75) is 17.9 Å². The Labute approximate surface area is 169 Å². The van der Waals surface area contributed by atoms with E-state index in [0.29, 0.717) is 13.2 Å². The number of rotatable bonds is 6. The number of hydrogen-bond acceptors (Lipinski definition) is 5. The number of ether oxygens (including phenoxy) is 1. The lowest BCUT2D eigenvalue weighted by Crippen LogP contribution is -2.43. The van der Waals surface area contributed by atoms with Gasteiger partial charge in [0.2, 0.25) is 10.0 Å². The molecule has 1 N–H and O–H groups in total. The number of aryl methyl sites for hydroxylation is 1. The molecule has 3 rings (SSSR count). The van der Waals surface area contributed by atoms with Crippen LogP contribution in [0.5, 0.6) is 0 Å². The lowest BCUT2D eigenvalue weighted by molar-refractivity contribution is 0.0172. The average Bonchev–Trinajstić information content (AvgIpc) is 2.65. The fourth-order valence-electron chi connectivity index (χ4n) is 3.05. The van der Waals surface area contributed by atoms with Gasteiger partial charge in [-0.05, 0) is 18.6 Å². The largest absolute Gasteiger partial charge is 0.379 e. The Morgan fingerprint density at radius 2 is 2.00 bits per heavy atom. The van der Waals surface area contributed by atoms with Gasteiger partial charge in [-0.2, -0.15) is 0 Å². The lowest BCUT2D eigenvalue weighted by Gasteiger charge is -2.35. The maximum Gasteiger partial charge on any atom is 0.242 e. The van der Waals surface area contributed by atoms with E-state index in [1.165, 1.54) is 12.3 Å². The summed E-state index contributed by atoms with van der Waals surface area (Å²) in [5.41, 5.74) is 2.19. The van der Waals surface area contributed by atoms with Gasteiger partial charge in [0.05, 0.1) is 18.2 Å². The van der Waals surface area contributed by atoms with Crippen molar-refractivity contribution in [2.24, 2.45) is 0 Å². The molecular weight excluding hydrogens is 409 g/mol. The average molecular weight is 430 g/mol. The fourth-order valence-corrected chi connectivity index (χ4v) is 4.39. The number of morpholine rings is 1. The van der Waals surface area contributed by atoms with E-state index in [0.717, 1.165) is 24.2 Å². The summed E-state index contributed by atoms with van der Waals surface area (Å²) < 4.78 is 33.5. The molecule has 9 heteroatoms. The van der Waals surface area contributed by atoms with Gasteiger partial charge in [0.25, 0.3) is 0 Å². The fraction of sp³-hybridized carbons (Fsp3) is 0.389. The first-order valence-corrected chi connectivity index (χ1v) is 10.8. The van der Waals surface area contributed by atoms with E-state index in [2.05, 4.69) is 20.7 Å². The van der Waals surface area contributed by atoms with E-state index < -0.39 is 10.0 Å². The van der Waals surface area contributed by atoms with Gasteiger partial charge in [-0.15, -0.1) is 0 Å². The molecule has 0 saturated carbocycles. The van der Waals surface area contributed by atoms with Crippen LogP contribution in [0.2, 0.25) is 10.2 Å². The molecule has 2 heterocycles. The molecule has 1 aliphatic heterocycles. The zero-order valence-corrected chi connectivity index (χ0v) is 17.2. The predicted octanol–water partition coefficient (Wildman–Crippen LogP) is 3.05. The Morgan fingerprint density at radius 1 is 1.26 bits per heavy atom. The number of aromatic nitrogens is 1.